The van der Waals surface area contributed by atoms with Crippen molar-refractivity contribution in [3.8, 4) is 0 Å². The number of hydrogen-bond donors (Lipinski definition) is 1. The van der Waals surface area contributed by atoms with Crippen molar-refractivity contribution in [2.24, 2.45) is 0 Å². The highest BCUT2D eigenvalue weighted by Gasteiger charge is 2.15. The summed E-state index contributed by atoms with van der Waals surface area (Å²) in [6.07, 6.45) is 1.05. The molecule has 0 fully saturated rings. The fourth-order valence-corrected chi connectivity index (χ4v) is 2.23. The van der Waals surface area contributed by atoms with Crippen LogP contribution in [0.1, 0.15) is 43.0 Å². The molecule has 0 atom stereocenters. The molecule has 0 heterocycles. The molecule has 0 saturated heterocycles. The van der Waals surface area contributed by atoms with E-state index >= 15 is 0 Å². The summed E-state index contributed by atoms with van der Waals surface area (Å²) in [4.78, 5) is 0. The minimum atomic E-state index is 0.225. The zero-order chi connectivity index (χ0) is 13.1. The zero-order valence-electron chi connectivity index (χ0n) is 11.7. The Bertz CT molecular complexity index is 354. The maximum Gasteiger partial charge on any atom is 0.0713 e. The van der Waals surface area contributed by atoms with Crippen molar-refractivity contribution in [1.29, 1.82) is 0 Å². The van der Waals surface area contributed by atoms with Crippen LogP contribution in [0.4, 0.5) is 0 Å². The number of nitrogens with one attached hydrogen (secondary N) is 1. The number of hydrogen-bond acceptors (Lipinski definition) is 1. The molecule has 17 heavy (non-hydrogen) atoms. The van der Waals surface area contributed by atoms with Crippen LogP contribution in [0.2, 0.25) is 0 Å². The van der Waals surface area contributed by atoms with Gasteiger partial charge in [0.25, 0.3) is 0 Å². The number of aryl methyl sites for hydroxylation is 2. The maximum absolute atomic E-state index is 5.62. The second-order valence-electron chi connectivity index (χ2n) is 5.72. The Balaban J connectivity index is 2.95. The van der Waals surface area contributed by atoms with Gasteiger partial charge in [0.15, 0.2) is 0 Å². The lowest BCUT2D eigenvalue weighted by Gasteiger charge is -2.22. The van der Waals surface area contributed by atoms with Crippen molar-refractivity contribution in [3.63, 3.8) is 0 Å². The predicted molar refractivity (Wildman–Crippen MR) is 77.0 cm³/mol. The highest BCUT2D eigenvalue weighted by molar-refractivity contribution is 6.17. The molecule has 0 bridgehead atoms. The quantitative estimate of drug-likeness (QED) is 0.487. The van der Waals surface area contributed by atoms with Crippen molar-refractivity contribution in [2.75, 3.05) is 12.5 Å². The van der Waals surface area contributed by atoms with Crippen molar-refractivity contribution in [3.05, 3.63) is 34.4 Å². The molecule has 1 aromatic rings. The average molecular weight is 254 g/mol. The first-order valence-corrected chi connectivity index (χ1v) is 6.77. The summed E-state index contributed by atoms with van der Waals surface area (Å²) in [6, 6.07) is 5.17. The first-order chi connectivity index (χ1) is 7.86. The molecule has 0 aliphatic carbocycles. The van der Waals surface area contributed by atoms with Gasteiger partial charge in [0.2, 0.25) is 0 Å². The van der Waals surface area contributed by atoms with Crippen molar-refractivity contribution >= 4 is 11.6 Å². The van der Waals surface area contributed by atoms with Gasteiger partial charge in [0, 0.05) is 6.54 Å². The van der Waals surface area contributed by atoms with E-state index in [0.717, 1.165) is 13.0 Å². The van der Waals surface area contributed by atoms with Crippen LogP contribution >= 0.6 is 11.6 Å². The molecular formula is C15H24ClN. The normalized spacial score (nSPS) is 11.9. The summed E-state index contributed by atoms with van der Waals surface area (Å²) in [5, 5.41) is 3.16. The number of alkyl halides is 1. The Morgan fingerprint density at radius 1 is 1.12 bits per heavy atom. The lowest BCUT2D eigenvalue weighted by molar-refractivity contribution is 0.588. The van der Waals surface area contributed by atoms with Gasteiger partial charge in [-0.05, 0) is 47.9 Å². The molecule has 0 unspecified atom stereocenters. The third-order valence-corrected chi connectivity index (χ3v) is 3.40. The van der Waals surface area contributed by atoms with Crippen LogP contribution in [0, 0.1) is 13.8 Å². The topological polar surface area (TPSA) is 12.0 Å². The molecule has 0 saturated carbocycles. The largest absolute Gasteiger partial charge is 0.304 e. The molecule has 1 nitrogen and oxygen atoms in total. The number of rotatable bonds is 4. The summed E-state index contributed by atoms with van der Waals surface area (Å²) < 4.78 is 0. The predicted octanol–water partition coefficient (Wildman–Crippen LogP) is 3.93. The summed E-state index contributed by atoms with van der Waals surface area (Å²) >= 11 is 5.62. The minimum absolute atomic E-state index is 0.225. The standard InChI is InChI=1S/C15H24ClN/c1-11-8-13(15(3,4)5)9-12(2)14(11)6-7-17-10-16/h8-9,17H,6-7,10H2,1-5H3. The molecule has 0 amide bonds. The highest BCUT2D eigenvalue weighted by atomic mass is 35.5. The lowest BCUT2D eigenvalue weighted by atomic mass is 9.83. The van der Waals surface area contributed by atoms with Gasteiger partial charge in [-0.3, -0.25) is 0 Å². The van der Waals surface area contributed by atoms with Crippen LogP contribution in [-0.4, -0.2) is 12.5 Å². The van der Waals surface area contributed by atoms with Crippen molar-refractivity contribution in [2.45, 2.75) is 46.5 Å². The monoisotopic (exact) mass is 253 g/mol. The van der Waals surface area contributed by atoms with Gasteiger partial charge in [-0.1, -0.05) is 32.9 Å². The van der Waals surface area contributed by atoms with Crippen molar-refractivity contribution < 1.29 is 0 Å². The van der Waals surface area contributed by atoms with Gasteiger partial charge >= 0.3 is 0 Å². The Kier molecular flexibility index (Phi) is 5.03. The Morgan fingerprint density at radius 2 is 1.65 bits per heavy atom. The van der Waals surface area contributed by atoms with Gasteiger partial charge < -0.3 is 5.32 Å². The van der Waals surface area contributed by atoms with Gasteiger partial charge in [0.1, 0.15) is 0 Å². The van der Waals surface area contributed by atoms with Crippen LogP contribution in [0.3, 0.4) is 0 Å². The van der Waals surface area contributed by atoms with E-state index in [1.54, 1.807) is 0 Å². The van der Waals surface area contributed by atoms with Crippen LogP contribution in [0.5, 0.6) is 0 Å². The van der Waals surface area contributed by atoms with E-state index in [4.69, 9.17) is 11.6 Å². The van der Waals surface area contributed by atoms with Crippen LogP contribution < -0.4 is 5.32 Å². The first-order valence-electron chi connectivity index (χ1n) is 6.23. The van der Waals surface area contributed by atoms with Crippen molar-refractivity contribution in [1.82, 2.24) is 5.32 Å². The molecule has 0 spiro atoms. The molecule has 0 aromatic heterocycles. The second-order valence-corrected chi connectivity index (χ2v) is 5.99. The summed E-state index contributed by atoms with van der Waals surface area (Å²) in [6.45, 7) is 12.1. The fraction of sp³-hybridized carbons (Fsp3) is 0.600. The summed E-state index contributed by atoms with van der Waals surface area (Å²) in [5.41, 5.74) is 5.89. The molecule has 1 rings (SSSR count). The van der Waals surface area contributed by atoms with Gasteiger partial charge in [-0.25, -0.2) is 0 Å². The smallest absolute Gasteiger partial charge is 0.0713 e. The zero-order valence-corrected chi connectivity index (χ0v) is 12.4. The molecule has 1 aromatic carbocycles. The highest BCUT2D eigenvalue weighted by Crippen LogP contribution is 2.26. The van der Waals surface area contributed by atoms with E-state index in [0.29, 0.717) is 6.00 Å². The van der Waals surface area contributed by atoms with E-state index in [1.807, 2.05) is 0 Å². The SMILES string of the molecule is Cc1cc(C(C)(C)C)cc(C)c1CCNCCl. The Labute approximate surface area is 111 Å². The average Bonchev–Trinajstić information content (AvgIpc) is 2.20. The van der Waals surface area contributed by atoms with Crippen LogP contribution in [-0.2, 0) is 11.8 Å². The molecule has 0 aliphatic rings. The molecule has 0 aliphatic heterocycles. The maximum atomic E-state index is 5.62. The number of benzene rings is 1. The first kappa shape index (κ1) is 14.5. The van der Waals surface area contributed by atoms with Gasteiger partial charge in [-0.2, -0.15) is 0 Å². The molecule has 96 valence electrons. The Hall–Kier alpha value is -0.530. The molecular weight excluding hydrogens is 230 g/mol. The molecule has 0 radical (unpaired) electrons. The van der Waals surface area contributed by atoms with Gasteiger partial charge in [-0.15, -0.1) is 11.6 Å². The van der Waals surface area contributed by atoms with E-state index < -0.39 is 0 Å². The number of halogens is 1. The van der Waals surface area contributed by atoms with E-state index in [9.17, 15) is 0 Å². The van der Waals surface area contributed by atoms with Gasteiger partial charge in [0.05, 0.1) is 6.00 Å². The fourth-order valence-electron chi connectivity index (χ4n) is 2.10. The summed E-state index contributed by atoms with van der Waals surface area (Å²) in [7, 11) is 0. The van der Waals surface area contributed by atoms with E-state index in [2.05, 4.69) is 52.1 Å². The van der Waals surface area contributed by atoms with Crippen LogP contribution in [0.15, 0.2) is 12.1 Å². The lowest BCUT2D eigenvalue weighted by Crippen LogP contribution is -2.17. The second kappa shape index (κ2) is 5.88. The Morgan fingerprint density at radius 3 is 2.06 bits per heavy atom. The summed E-state index contributed by atoms with van der Waals surface area (Å²) in [5.74, 6) is 0. The van der Waals surface area contributed by atoms with Crippen LogP contribution in [0.25, 0.3) is 0 Å². The third kappa shape index (κ3) is 4.01. The molecule has 1 N–H and O–H groups in total. The minimum Gasteiger partial charge on any atom is -0.304 e. The third-order valence-electron chi connectivity index (χ3n) is 3.21. The molecule has 2 heteroatoms. The van der Waals surface area contributed by atoms with E-state index in [1.165, 1.54) is 22.3 Å². The van der Waals surface area contributed by atoms with E-state index in [-0.39, 0.29) is 5.41 Å².